The Bertz CT molecular complexity index is 469. The maximum absolute atomic E-state index is 12.0. The van der Waals surface area contributed by atoms with Gasteiger partial charge in [0.05, 0.1) is 6.10 Å². The van der Waals surface area contributed by atoms with Crippen LogP contribution in [0.15, 0.2) is 12.2 Å². The van der Waals surface area contributed by atoms with Crippen LogP contribution >= 0.6 is 0 Å². The van der Waals surface area contributed by atoms with E-state index in [9.17, 15) is 14.7 Å². The third-order valence-corrected chi connectivity index (χ3v) is 5.66. The Balaban J connectivity index is 2.02. The number of carbonyl (C=O) groups excluding carboxylic acids is 2. The number of rotatable bonds is 0. The molecule has 0 aromatic carbocycles. The Morgan fingerprint density at radius 2 is 2.11 bits per heavy atom. The number of fused-ring (bicyclic) bond motifs is 3. The molecule has 1 heterocycles. The Morgan fingerprint density at radius 1 is 1.42 bits per heavy atom. The van der Waals surface area contributed by atoms with Crippen LogP contribution in [0.25, 0.3) is 0 Å². The van der Waals surface area contributed by atoms with Gasteiger partial charge in [-0.2, -0.15) is 0 Å². The van der Waals surface area contributed by atoms with Crippen molar-refractivity contribution >= 4 is 11.8 Å². The molecule has 1 aliphatic heterocycles. The fourth-order valence-electron chi connectivity index (χ4n) is 4.36. The van der Waals surface area contributed by atoms with Crippen LogP contribution in [-0.2, 0) is 14.3 Å². The number of aliphatic hydroxyl groups excluding tert-OH is 1. The average Bonchev–Trinajstić information content (AvgIpc) is 2.63. The van der Waals surface area contributed by atoms with Gasteiger partial charge in [0.15, 0.2) is 0 Å². The topological polar surface area (TPSA) is 63.6 Å². The van der Waals surface area contributed by atoms with Crippen molar-refractivity contribution in [2.45, 2.75) is 45.3 Å². The summed E-state index contributed by atoms with van der Waals surface area (Å²) < 4.78 is 5.48. The molecule has 0 bridgehead atoms. The van der Waals surface area contributed by atoms with Crippen LogP contribution in [0.1, 0.15) is 33.1 Å². The van der Waals surface area contributed by atoms with Gasteiger partial charge in [0, 0.05) is 35.2 Å². The second kappa shape index (κ2) is 3.92. The van der Waals surface area contributed by atoms with Crippen molar-refractivity contribution < 1.29 is 19.4 Å². The predicted molar refractivity (Wildman–Crippen MR) is 68.1 cm³/mol. The molecule has 3 aliphatic rings. The summed E-state index contributed by atoms with van der Waals surface area (Å²) in [4.78, 5) is 23.8. The lowest BCUT2D eigenvalue weighted by Gasteiger charge is -2.53. The molecule has 1 N–H and O–H groups in total. The summed E-state index contributed by atoms with van der Waals surface area (Å²) in [7, 11) is 0. The molecule has 0 amide bonds. The van der Waals surface area contributed by atoms with Crippen molar-refractivity contribution in [3.05, 3.63) is 12.2 Å². The van der Waals surface area contributed by atoms with Crippen LogP contribution in [0.4, 0.5) is 0 Å². The highest BCUT2D eigenvalue weighted by atomic mass is 16.6. The molecular formula is C15H20O4. The molecule has 3 fully saturated rings. The lowest BCUT2D eigenvalue weighted by atomic mass is 9.52. The van der Waals surface area contributed by atoms with Crippen molar-refractivity contribution in [3.8, 4) is 0 Å². The summed E-state index contributed by atoms with van der Waals surface area (Å²) >= 11 is 0. The minimum atomic E-state index is -0.630. The standard InChI is InChI=1S/C15H20O4/c1-7-9-4-5-15(3)11(17)6-10(16)8(2)12(15)13(9)19-14(7)18/h8-9,11-13,17H,1,4-6H2,2-3H3/t8-,9+,11-,12-,13+,15+/m1/s1. The van der Waals surface area contributed by atoms with E-state index in [-0.39, 0.29) is 47.4 Å². The van der Waals surface area contributed by atoms with Gasteiger partial charge >= 0.3 is 5.97 Å². The molecule has 104 valence electrons. The Kier molecular flexibility index (Phi) is 2.65. The molecular weight excluding hydrogens is 244 g/mol. The van der Waals surface area contributed by atoms with Gasteiger partial charge in [0.25, 0.3) is 0 Å². The monoisotopic (exact) mass is 264 g/mol. The van der Waals surface area contributed by atoms with Gasteiger partial charge in [-0.25, -0.2) is 4.79 Å². The highest BCUT2D eigenvalue weighted by Gasteiger charge is 2.60. The fourth-order valence-corrected chi connectivity index (χ4v) is 4.36. The number of esters is 1. The smallest absolute Gasteiger partial charge is 0.334 e. The average molecular weight is 264 g/mol. The maximum Gasteiger partial charge on any atom is 0.334 e. The van der Waals surface area contributed by atoms with Crippen molar-refractivity contribution in [2.75, 3.05) is 0 Å². The van der Waals surface area contributed by atoms with Crippen LogP contribution in [-0.4, -0.2) is 29.1 Å². The third-order valence-electron chi connectivity index (χ3n) is 5.66. The number of Topliss-reactive ketones (excluding diaryl/α,β-unsaturated/α-hetero) is 1. The molecule has 6 atom stereocenters. The summed E-state index contributed by atoms with van der Waals surface area (Å²) in [6, 6.07) is 0. The van der Waals surface area contributed by atoms with E-state index in [4.69, 9.17) is 4.74 Å². The van der Waals surface area contributed by atoms with Crippen molar-refractivity contribution in [3.63, 3.8) is 0 Å². The quantitative estimate of drug-likeness (QED) is 0.531. The second-order valence-corrected chi connectivity index (χ2v) is 6.55. The first-order valence-electron chi connectivity index (χ1n) is 6.97. The Hall–Kier alpha value is -1.16. The summed E-state index contributed by atoms with van der Waals surface area (Å²) in [6.07, 6.45) is 0.927. The van der Waals surface area contributed by atoms with E-state index >= 15 is 0 Å². The van der Waals surface area contributed by atoms with Gasteiger partial charge in [-0.05, 0) is 12.8 Å². The van der Waals surface area contributed by atoms with Gasteiger partial charge in [-0.1, -0.05) is 20.4 Å². The summed E-state index contributed by atoms with van der Waals surface area (Å²) in [6.45, 7) is 7.74. The van der Waals surface area contributed by atoms with Crippen LogP contribution < -0.4 is 0 Å². The number of aliphatic hydroxyl groups is 1. The molecule has 0 aromatic heterocycles. The largest absolute Gasteiger partial charge is 0.458 e. The zero-order valence-electron chi connectivity index (χ0n) is 11.4. The SMILES string of the molecule is C=C1C(=O)O[C@@H]2[C@H]3[C@H](C)C(=O)C[C@@H](O)[C@]3(C)CC[C@@H]12. The molecule has 4 nitrogen and oxygen atoms in total. The van der Waals surface area contributed by atoms with Crippen molar-refractivity contribution in [1.82, 2.24) is 0 Å². The first kappa shape index (κ1) is 12.9. The highest BCUT2D eigenvalue weighted by Crippen LogP contribution is 2.56. The molecule has 2 saturated carbocycles. The third kappa shape index (κ3) is 1.55. The molecule has 0 aromatic rings. The first-order valence-corrected chi connectivity index (χ1v) is 6.97. The van der Waals surface area contributed by atoms with Crippen LogP contribution in [0.2, 0.25) is 0 Å². The van der Waals surface area contributed by atoms with E-state index < -0.39 is 6.10 Å². The van der Waals surface area contributed by atoms with E-state index in [1.807, 2.05) is 13.8 Å². The zero-order chi connectivity index (χ0) is 13.9. The number of ether oxygens (including phenoxy) is 1. The molecule has 2 aliphatic carbocycles. The number of carbonyl (C=O) groups is 2. The minimum Gasteiger partial charge on any atom is -0.458 e. The van der Waals surface area contributed by atoms with Gasteiger partial charge in [0.2, 0.25) is 0 Å². The van der Waals surface area contributed by atoms with Crippen molar-refractivity contribution in [2.24, 2.45) is 23.2 Å². The van der Waals surface area contributed by atoms with E-state index in [1.165, 1.54) is 0 Å². The number of hydrogen-bond acceptors (Lipinski definition) is 4. The number of ketones is 1. The Morgan fingerprint density at radius 3 is 2.79 bits per heavy atom. The minimum absolute atomic E-state index is 0.0196. The van der Waals surface area contributed by atoms with Crippen LogP contribution in [0.3, 0.4) is 0 Å². The fraction of sp³-hybridized carbons (Fsp3) is 0.733. The van der Waals surface area contributed by atoms with Gasteiger partial charge < -0.3 is 9.84 Å². The molecule has 4 heteroatoms. The molecule has 0 unspecified atom stereocenters. The lowest BCUT2D eigenvalue weighted by Crippen LogP contribution is -2.58. The lowest BCUT2D eigenvalue weighted by molar-refractivity contribution is -0.173. The molecule has 1 saturated heterocycles. The van der Waals surface area contributed by atoms with E-state index in [0.717, 1.165) is 12.8 Å². The summed E-state index contributed by atoms with van der Waals surface area (Å²) in [5, 5.41) is 10.3. The second-order valence-electron chi connectivity index (χ2n) is 6.55. The molecule has 3 rings (SSSR count). The van der Waals surface area contributed by atoms with E-state index in [1.54, 1.807) is 0 Å². The predicted octanol–water partition coefficient (Wildman–Crippen LogP) is 1.47. The van der Waals surface area contributed by atoms with Gasteiger partial charge in [-0.3, -0.25) is 4.79 Å². The normalized spacial score (nSPS) is 49.6. The van der Waals surface area contributed by atoms with Crippen LogP contribution in [0.5, 0.6) is 0 Å². The highest BCUT2D eigenvalue weighted by molar-refractivity contribution is 5.91. The maximum atomic E-state index is 12.0. The molecule has 0 radical (unpaired) electrons. The van der Waals surface area contributed by atoms with Gasteiger partial charge in [-0.15, -0.1) is 0 Å². The van der Waals surface area contributed by atoms with Crippen LogP contribution in [0, 0.1) is 23.2 Å². The van der Waals surface area contributed by atoms with E-state index in [0.29, 0.717) is 5.57 Å². The van der Waals surface area contributed by atoms with Crippen molar-refractivity contribution in [1.29, 1.82) is 0 Å². The zero-order valence-corrected chi connectivity index (χ0v) is 11.4. The first-order chi connectivity index (χ1) is 8.86. The summed E-state index contributed by atoms with van der Waals surface area (Å²) in [5.74, 6) is -0.500. The van der Waals surface area contributed by atoms with E-state index in [2.05, 4.69) is 6.58 Å². The Labute approximate surface area is 112 Å². The molecule has 19 heavy (non-hydrogen) atoms. The molecule has 0 spiro atoms. The summed E-state index contributed by atoms with van der Waals surface area (Å²) in [5.41, 5.74) is 0.200. The number of hydrogen-bond donors (Lipinski definition) is 1. The van der Waals surface area contributed by atoms with Gasteiger partial charge in [0.1, 0.15) is 11.9 Å².